The molecule has 0 heterocycles. The van der Waals surface area contributed by atoms with Crippen molar-refractivity contribution in [2.75, 3.05) is 6.54 Å². The van der Waals surface area contributed by atoms with E-state index in [1.807, 2.05) is 24.3 Å². The van der Waals surface area contributed by atoms with Crippen molar-refractivity contribution in [3.63, 3.8) is 0 Å². The molecule has 21 heavy (non-hydrogen) atoms. The van der Waals surface area contributed by atoms with Crippen LogP contribution in [-0.4, -0.2) is 6.54 Å². The summed E-state index contributed by atoms with van der Waals surface area (Å²) in [6.45, 7) is 4.78. The Labute approximate surface area is 127 Å². The van der Waals surface area contributed by atoms with Gasteiger partial charge in [0, 0.05) is 6.54 Å². The summed E-state index contributed by atoms with van der Waals surface area (Å²) in [6, 6.07) is 16.6. The van der Waals surface area contributed by atoms with Gasteiger partial charge in [-0.1, -0.05) is 49.7 Å². The van der Waals surface area contributed by atoms with Gasteiger partial charge in [0.1, 0.15) is 11.9 Å². The van der Waals surface area contributed by atoms with Gasteiger partial charge in [-0.25, -0.2) is 0 Å². The van der Waals surface area contributed by atoms with Gasteiger partial charge in [-0.05, 0) is 48.6 Å². The molecule has 2 rings (SSSR count). The van der Waals surface area contributed by atoms with Crippen molar-refractivity contribution >= 4 is 0 Å². The van der Waals surface area contributed by atoms with Crippen molar-refractivity contribution in [2.24, 2.45) is 5.73 Å². The molecule has 1 atom stereocenters. The second-order valence-corrected chi connectivity index (χ2v) is 5.45. The first-order valence-corrected chi connectivity index (χ1v) is 7.75. The van der Waals surface area contributed by atoms with E-state index in [9.17, 15) is 0 Å². The van der Waals surface area contributed by atoms with Gasteiger partial charge in [-0.2, -0.15) is 0 Å². The lowest BCUT2D eigenvalue weighted by Crippen LogP contribution is -2.19. The molecule has 2 heteroatoms. The fourth-order valence-electron chi connectivity index (χ4n) is 2.47. The smallest absolute Gasteiger partial charge is 0.136 e. The fraction of sp³-hybridized carbons (Fsp3) is 0.368. The Morgan fingerprint density at radius 3 is 2.38 bits per heavy atom. The van der Waals surface area contributed by atoms with E-state index >= 15 is 0 Å². The minimum absolute atomic E-state index is 0.0901. The third kappa shape index (κ3) is 4.33. The lowest BCUT2D eigenvalue weighted by atomic mass is 10.0. The number of nitrogens with two attached hydrogens (primary N) is 1. The van der Waals surface area contributed by atoms with Crippen LogP contribution in [0.15, 0.2) is 48.5 Å². The summed E-state index contributed by atoms with van der Waals surface area (Å²) < 4.78 is 6.06. The van der Waals surface area contributed by atoms with E-state index in [1.54, 1.807) is 0 Å². The Hall–Kier alpha value is -1.80. The average molecular weight is 283 g/mol. The number of hydrogen-bond acceptors (Lipinski definition) is 2. The van der Waals surface area contributed by atoms with E-state index in [0.29, 0.717) is 6.54 Å². The van der Waals surface area contributed by atoms with Gasteiger partial charge in [0.25, 0.3) is 0 Å². The Bertz CT molecular complexity index is 548. The van der Waals surface area contributed by atoms with E-state index in [2.05, 4.69) is 38.1 Å². The zero-order valence-corrected chi connectivity index (χ0v) is 13.0. The maximum Gasteiger partial charge on any atom is 0.136 e. The van der Waals surface area contributed by atoms with Crippen LogP contribution in [0.3, 0.4) is 0 Å². The van der Waals surface area contributed by atoms with Crippen molar-refractivity contribution < 1.29 is 4.74 Å². The molecule has 1 unspecified atom stereocenters. The van der Waals surface area contributed by atoms with Gasteiger partial charge in [-0.15, -0.1) is 0 Å². The van der Waals surface area contributed by atoms with E-state index in [1.165, 1.54) is 24.0 Å². The summed E-state index contributed by atoms with van der Waals surface area (Å²) in [7, 11) is 0. The summed E-state index contributed by atoms with van der Waals surface area (Å²) >= 11 is 0. The summed E-state index contributed by atoms with van der Waals surface area (Å²) in [5.74, 6) is 0.883. The highest BCUT2D eigenvalue weighted by molar-refractivity contribution is 5.31. The van der Waals surface area contributed by atoms with Crippen LogP contribution in [0, 0.1) is 6.92 Å². The van der Waals surface area contributed by atoms with Crippen LogP contribution in [0.25, 0.3) is 0 Å². The molecule has 0 aromatic heterocycles. The molecule has 2 N–H and O–H groups in total. The standard InChI is InChI=1S/C19H25NO/c1-3-4-8-16-10-12-17(13-11-16)21-19(14-20)18-9-6-5-7-15(18)2/h5-7,9-13,19H,3-4,8,14,20H2,1-2H3. The zero-order chi connectivity index (χ0) is 15.1. The molecule has 0 saturated heterocycles. The molecule has 112 valence electrons. The SMILES string of the molecule is CCCCc1ccc(OC(CN)c2ccccc2C)cc1. The summed E-state index contributed by atoms with van der Waals surface area (Å²) in [6.07, 6.45) is 3.50. The molecule has 0 aliphatic rings. The maximum absolute atomic E-state index is 6.06. The van der Waals surface area contributed by atoms with Gasteiger partial charge >= 0.3 is 0 Å². The Kier molecular flexibility index (Phi) is 5.82. The number of benzene rings is 2. The summed E-state index contributed by atoms with van der Waals surface area (Å²) in [5.41, 5.74) is 9.63. The minimum Gasteiger partial charge on any atom is -0.484 e. The fourth-order valence-corrected chi connectivity index (χ4v) is 2.47. The second kappa shape index (κ2) is 7.84. The third-order valence-corrected chi connectivity index (χ3v) is 3.77. The van der Waals surface area contributed by atoms with Crippen molar-refractivity contribution in [3.8, 4) is 5.75 Å². The predicted molar refractivity (Wildman–Crippen MR) is 88.7 cm³/mol. The minimum atomic E-state index is -0.0901. The molecule has 0 aliphatic heterocycles. The average Bonchev–Trinajstić information content (AvgIpc) is 2.52. The number of hydrogen-bond donors (Lipinski definition) is 1. The van der Waals surface area contributed by atoms with Crippen molar-refractivity contribution in [3.05, 3.63) is 65.2 Å². The molecule has 2 nitrogen and oxygen atoms in total. The van der Waals surface area contributed by atoms with Gasteiger partial charge in [0.05, 0.1) is 0 Å². The van der Waals surface area contributed by atoms with Crippen molar-refractivity contribution in [1.29, 1.82) is 0 Å². The molecule has 0 saturated carbocycles. The topological polar surface area (TPSA) is 35.2 Å². The van der Waals surface area contributed by atoms with E-state index < -0.39 is 0 Å². The lowest BCUT2D eigenvalue weighted by Gasteiger charge is -2.20. The quantitative estimate of drug-likeness (QED) is 0.816. The highest BCUT2D eigenvalue weighted by Crippen LogP contribution is 2.24. The van der Waals surface area contributed by atoms with E-state index in [0.717, 1.165) is 17.7 Å². The first kappa shape index (κ1) is 15.6. The van der Waals surface area contributed by atoms with Crippen LogP contribution in [0.2, 0.25) is 0 Å². The molecule has 2 aromatic carbocycles. The van der Waals surface area contributed by atoms with E-state index in [-0.39, 0.29) is 6.10 Å². The van der Waals surface area contributed by atoms with Gasteiger partial charge in [0.15, 0.2) is 0 Å². The molecular formula is C19H25NO. The van der Waals surface area contributed by atoms with Gasteiger partial charge < -0.3 is 10.5 Å². The first-order valence-electron chi connectivity index (χ1n) is 7.75. The highest BCUT2D eigenvalue weighted by atomic mass is 16.5. The molecule has 0 amide bonds. The summed E-state index contributed by atoms with van der Waals surface area (Å²) in [5, 5.41) is 0. The van der Waals surface area contributed by atoms with Gasteiger partial charge in [-0.3, -0.25) is 0 Å². The number of unbranched alkanes of at least 4 members (excludes halogenated alkanes) is 1. The highest BCUT2D eigenvalue weighted by Gasteiger charge is 2.13. The molecule has 0 fully saturated rings. The number of aryl methyl sites for hydroxylation is 2. The van der Waals surface area contributed by atoms with Crippen LogP contribution in [0.5, 0.6) is 5.75 Å². The molecule has 0 radical (unpaired) electrons. The molecule has 0 bridgehead atoms. The maximum atomic E-state index is 6.06. The van der Waals surface area contributed by atoms with Crippen molar-refractivity contribution in [2.45, 2.75) is 39.2 Å². The normalized spacial score (nSPS) is 12.1. The molecule has 2 aromatic rings. The Morgan fingerprint density at radius 1 is 1.05 bits per heavy atom. The van der Waals surface area contributed by atoms with Crippen LogP contribution in [0.4, 0.5) is 0 Å². The van der Waals surface area contributed by atoms with Crippen LogP contribution < -0.4 is 10.5 Å². The third-order valence-electron chi connectivity index (χ3n) is 3.77. The molecular weight excluding hydrogens is 258 g/mol. The van der Waals surface area contributed by atoms with Gasteiger partial charge in [0.2, 0.25) is 0 Å². The van der Waals surface area contributed by atoms with Crippen LogP contribution in [-0.2, 0) is 6.42 Å². The second-order valence-electron chi connectivity index (χ2n) is 5.45. The van der Waals surface area contributed by atoms with E-state index in [4.69, 9.17) is 10.5 Å². The van der Waals surface area contributed by atoms with Crippen molar-refractivity contribution in [1.82, 2.24) is 0 Å². The first-order chi connectivity index (χ1) is 10.2. The van der Waals surface area contributed by atoms with Crippen LogP contribution >= 0.6 is 0 Å². The lowest BCUT2D eigenvalue weighted by molar-refractivity contribution is 0.213. The largest absolute Gasteiger partial charge is 0.484 e. The van der Waals surface area contributed by atoms with Crippen LogP contribution in [0.1, 0.15) is 42.6 Å². The number of rotatable bonds is 7. The monoisotopic (exact) mass is 283 g/mol. The molecule has 0 aliphatic carbocycles. The summed E-state index contributed by atoms with van der Waals surface area (Å²) in [4.78, 5) is 0. The molecule has 0 spiro atoms. The Morgan fingerprint density at radius 2 is 1.76 bits per heavy atom. The predicted octanol–water partition coefficient (Wildman–Crippen LogP) is 4.42. The zero-order valence-electron chi connectivity index (χ0n) is 13.0. The number of ether oxygens (including phenoxy) is 1. The Balaban J connectivity index is 2.07.